The van der Waals surface area contributed by atoms with Crippen LogP contribution in [-0.4, -0.2) is 81.1 Å². The number of thioether (sulfide) groups is 1. The summed E-state index contributed by atoms with van der Waals surface area (Å²) >= 11 is 1.55. The van der Waals surface area contributed by atoms with Crippen LogP contribution in [0.3, 0.4) is 0 Å². The van der Waals surface area contributed by atoms with Gasteiger partial charge in [-0.25, -0.2) is 0 Å². The number of cyclic esters (lactones) is 1. The van der Waals surface area contributed by atoms with Crippen molar-refractivity contribution in [1.29, 1.82) is 0 Å². The SMILES string of the molecule is CCCCCN1CC=C[C@]23S[C@@H]4C=CCCOC(=O)[C@@H]4[C@H]2C(=O)N([C@@H](CO)C(C)C)C3C1=O. The third kappa shape index (κ3) is 4.03. The molecule has 4 rings (SSSR count). The van der Waals surface area contributed by atoms with Gasteiger partial charge in [-0.1, -0.05) is 57.9 Å². The molecule has 4 heterocycles. The van der Waals surface area contributed by atoms with Gasteiger partial charge in [0.25, 0.3) is 0 Å². The van der Waals surface area contributed by atoms with Crippen molar-refractivity contribution in [2.45, 2.75) is 68.5 Å². The van der Waals surface area contributed by atoms with Crippen LogP contribution in [0.5, 0.6) is 0 Å². The molecule has 0 saturated carbocycles. The molecule has 0 aliphatic carbocycles. The Labute approximate surface area is 200 Å². The lowest BCUT2D eigenvalue weighted by atomic mass is 9.78. The topological polar surface area (TPSA) is 87.2 Å². The molecule has 1 N–H and O–H groups in total. The number of aliphatic hydroxyl groups is 1. The lowest BCUT2D eigenvalue weighted by Crippen LogP contribution is -2.57. The predicted octanol–water partition coefficient (Wildman–Crippen LogP) is 2.39. The number of nitrogens with zero attached hydrogens (tertiary/aromatic N) is 2. The van der Waals surface area contributed by atoms with Crippen molar-refractivity contribution in [2.75, 3.05) is 26.3 Å². The molecule has 0 bridgehead atoms. The number of esters is 1. The van der Waals surface area contributed by atoms with E-state index in [1.54, 1.807) is 16.7 Å². The number of carbonyl (C=O) groups excluding carboxylic acids is 3. The largest absolute Gasteiger partial charge is 0.465 e. The van der Waals surface area contributed by atoms with E-state index in [-0.39, 0.29) is 35.6 Å². The highest BCUT2D eigenvalue weighted by molar-refractivity contribution is 8.02. The molecule has 4 aliphatic heterocycles. The third-order valence-electron chi connectivity index (χ3n) is 7.49. The lowest BCUT2D eigenvalue weighted by Gasteiger charge is -2.39. The first-order valence-corrected chi connectivity index (χ1v) is 13.2. The first-order chi connectivity index (χ1) is 15.9. The maximum atomic E-state index is 14.0. The molecule has 2 fully saturated rings. The van der Waals surface area contributed by atoms with Gasteiger partial charge in [-0.2, -0.15) is 0 Å². The van der Waals surface area contributed by atoms with E-state index >= 15 is 0 Å². The highest BCUT2D eigenvalue weighted by atomic mass is 32.2. The summed E-state index contributed by atoms with van der Waals surface area (Å²) in [7, 11) is 0. The Hall–Kier alpha value is -1.80. The summed E-state index contributed by atoms with van der Waals surface area (Å²) in [5.41, 5.74) is 0. The van der Waals surface area contributed by atoms with Crippen LogP contribution in [0.25, 0.3) is 0 Å². The fraction of sp³-hybridized carbons (Fsp3) is 0.720. The Morgan fingerprint density at radius 3 is 2.70 bits per heavy atom. The van der Waals surface area contributed by atoms with Crippen LogP contribution in [0.2, 0.25) is 0 Å². The van der Waals surface area contributed by atoms with Gasteiger partial charge in [0.15, 0.2) is 0 Å². The minimum absolute atomic E-state index is 0.0339. The van der Waals surface area contributed by atoms with E-state index in [0.29, 0.717) is 26.1 Å². The van der Waals surface area contributed by atoms with Gasteiger partial charge in [0, 0.05) is 18.3 Å². The number of hydrogen-bond donors (Lipinski definition) is 1. The van der Waals surface area contributed by atoms with Gasteiger partial charge in [-0.05, 0) is 18.8 Å². The van der Waals surface area contributed by atoms with Crippen LogP contribution in [0, 0.1) is 17.8 Å². The van der Waals surface area contributed by atoms with Crippen LogP contribution in [-0.2, 0) is 19.1 Å². The molecule has 6 atom stereocenters. The van der Waals surface area contributed by atoms with Crippen LogP contribution in [0.15, 0.2) is 24.3 Å². The number of fused-ring (bicyclic) bond motifs is 2. The first-order valence-electron chi connectivity index (χ1n) is 12.3. The fourth-order valence-electron chi connectivity index (χ4n) is 5.82. The zero-order valence-electron chi connectivity index (χ0n) is 19.8. The molecule has 1 unspecified atom stereocenters. The third-order valence-corrected chi connectivity index (χ3v) is 9.23. The first kappa shape index (κ1) is 24.3. The van der Waals surface area contributed by atoms with Gasteiger partial charge in [0.1, 0.15) is 6.04 Å². The molecule has 7 nitrogen and oxygen atoms in total. The van der Waals surface area contributed by atoms with Crippen LogP contribution >= 0.6 is 11.8 Å². The minimum atomic E-state index is -0.848. The van der Waals surface area contributed by atoms with Crippen LogP contribution in [0.1, 0.15) is 46.5 Å². The Bertz CT molecular complexity index is 843. The van der Waals surface area contributed by atoms with Crippen molar-refractivity contribution < 1.29 is 24.2 Å². The molecular weight excluding hydrogens is 440 g/mol. The molecular formula is C25H36N2O5S. The maximum absolute atomic E-state index is 14.0. The van der Waals surface area contributed by atoms with Gasteiger partial charge < -0.3 is 19.6 Å². The van der Waals surface area contributed by atoms with Crippen LogP contribution in [0.4, 0.5) is 0 Å². The summed E-state index contributed by atoms with van der Waals surface area (Å²) in [6, 6.07) is -1.23. The Balaban J connectivity index is 1.80. The fourth-order valence-corrected chi connectivity index (χ4v) is 7.81. The van der Waals surface area contributed by atoms with Crippen molar-refractivity contribution in [2.24, 2.45) is 17.8 Å². The van der Waals surface area contributed by atoms with Crippen molar-refractivity contribution >= 4 is 29.5 Å². The van der Waals surface area contributed by atoms with Gasteiger partial charge in [-0.15, -0.1) is 11.8 Å². The number of hydrogen-bond acceptors (Lipinski definition) is 6. The van der Waals surface area contributed by atoms with Gasteiger partial charge >= 0.3 is 5.97 Å². The van der Waals surface area contributed by atoms with E-state index in [1.165, 1.54) is 0 Å². The average molecular weight is 477 g/mol. The second-order valence-electron chi connectivity index (χ2n) is 9.86. The van der Waals surface area contributed by atoms with Gasteiger partial charge in [0.05, 0.1) is 35.8 Å². The zero-order valence-corrected chi connectivity index (χ0v) is 20.6. The Kier molecular flexibility index (Phi) is 7.24. The van der Waals surface area contributed by atoms with E-state index in [9.17, 15) is 19.5 Å². The second kappa shape index (κ2) is 9.82. The molecule has 182 valence electrons. The van der Waals surface area contributed by atoms with E-state index in [0.717, 1.165) is 19.3 Å². The van der Waals surface area contributed by atoms with E-state index in [2.05, 4.69) is 6.92 Å². The summed E-state index contributed by atoms with van der Waals surface area (Å²) in [6.07, 6.45) is 11.7. The van der Waals surface area contributed by atoms with Crippen LogP contribution < -0.4 is 0 Å². The highest BCUT2D eigenvalue weighted by Crippen LogP contribution is 2.61. The number of unbranched alkanes of at least 4 members (excludes halogenated alkanes) is 2. The molecule has 0 radical (unpaired) electrons. The Morgan fingerprint density at radius 2 is 2.00 bits per heavy atom. The summed E-state index contributed by atoms with van der Waals surface area (Å²) in [4.78, 5) is 44.6. The standard InChI is InChI=1S/C25H36N2O5S/c1-4-5-7-12-26-13-9-11-25-20(19-18(33-25)10-6-8-14-32-24(19)31)22(29)27(21(25)23(26)30)17(15-28)16(2)3/h6,9-11,16-21,28H,4-5,7-8,12-15H2,1-3H3/t17-,18+,19-,20-,21?,25-/m0/s1. The lowest BCUT2D eigenvalue weighted by molar-refractivity contribution is -0.154. The van der Waals surface area contributed by atoms with Crippen molar-refractivity contribution in [3.8, 4) is 0 Å². The van der Waals surface area contributed by atoms with Crippen molar-refractivity contribution in [3.05, 3.63) is 24.3 Å². The number of carbonyl (C=O) groups is 3. The smallest absolute Gasteiger partial charge is 0.311 e. The predicted molar refractivity (Wildman–Crippen MR) is 127 cm³/mol. The van der Waals surface area contributed by atoms with Crippen molar-refractivity contribution in [3.63, 3.8) is 0 Å². The number of likely N-dealkylation sites (tertiary alicyclic amines) is 1. The average Bonchev–Trinajstić information content (AvgIpc) is 3.15. The molecule has 8 heteroatoms. The molecule has 33 heavy (non-hydrogen) atoms. The summed E-state index contributed by atoms with van der Waals surface area (Å²) in [6.45, 7) is 7.25. The molecule has 1 spiro atoms. The molecule has 0 aromatic rings. The minimum Gasteiger partial charge on any atom is -0.465 e. The van der Waals surface area contributed by atoms with Gasteiger partial charge in [0.2, 0.25) is 11.8 Å². The molecule has 2 amide bonds. The summed E-state index contributed by atoms with van der Waals surface area (Å²) in [5, 5.41) is 10.0. The Morgan fingerprint density at radius 1 is 1.21 bits per heavy atom. The number of rotatable bonds is 7. The quantitative estimate of drug-likeness (QED) is 0.345. The number of amides is 2. The number of aliphatic hydroxyl groups excluding tert-OH is 1. The highest BCUT2D eigenvalue weighted by Gasteiger charge is 2.71. The molecule has 4 aliphatic rings. The monoisotopic (exact) mass is 476 g/mol. The molecule has 2 saturated heterocycles. The summed E-state index contributed by atoms with van der Waals surface area (Å²) in [5.74, 6) is -2.01. The number of ether oxygens (including phenoxy) is 1. The van der Waals surface area contributed by atoms with E-state index < -0.39 is 28.7 Å². The summed E-state index contributed by atoms with van der Waals surface area (Å²) < 4.78 is 4.65. The molecule has 0 aromatic heterocycles. The van der Waals surface area contributed by atoms with E-state index in [4.69, 9.17) is 4.74 Å². The second-order valence-corrected chi connectivity index (χ2v) is 11.3. The van der Waals surface area contributed by atoms with E-state index in [1.807, 2.05) is 43.1 Å². The normalized spacial score (nSPS) is 34.5. The van der Waals surface area contributed by atoms with Crippen molar-refractivity contribution in [1.82, 2.24) is 9.80 Å². The zero-order chi connectivity index (χ0) is 23.8. The van der Waals surface area contributed by atoms with Gasteiger partial charge in [-0.3, -0.25) is 14.4 Å². The molecule has 0 aromatic carbocycles. The maximum Gasteiger partial charge on any atom is 0.311 e.